The van der Waals surface area contributed by atoms with E-state index in [9.17, 15) is 9.18 Å². The Balaban J connectivity index is 2.30. The van der Waals surface area contributed by atoms with Crippen LogP contribution >= 0.6 is 11.6 Å². The van der Waals surface area contributed by atoms with Gasteiger partial charge >= 0.3 is 0 Å². The molecule has 2 rings (SSSR count). The fourth-order valence-electron chi connectivity index (χ4n) is 1.55. The first-order chi connectivity index (χ1) is 8.97. The van der Waals surface area contributed by atoms with Crippen LogP contribution in [-0.4, -0.2) is 10.9 Å². The molecule has 0 saturated heterocycles. The lowest BCUT2D eigenvalue weighted by atomic mass is 10.1. The molecule has 1 amide bonds. The fraction of sp³-hybridized carbons (Fsp3) is 0.0769. The Kier molecular flexibility index (Phi) is 3.66. The SMILES string of the molecule is Cc1cnc(Cl)c(NC(=O)c2cc(N)ccc2F)c1. The van der Waals surface area contributed by atoms with Crippen molar-refractivity contribution in [1.29, 1.82) is 0 Å². The minimum atomic E-state index is -0.650. The Morgan fingerprint density at radius 1 is 1.42 bits per heavy atom. The lowest BCUT2D eigenvalue weighted by molar-refractivity contribution is 0.102. The fourth-order valence-corrected chi connectivity index (χ4v) is 1.70. The number of anilines is 2. The van der Waals surface area contributed by atoms with E-state index < -0.39 is 11.7 Å². The van der Waals surface area contributed by atoms with Crippen LogP contribution in [0, 0.1) is 12.7 Å². The Hall–Kier alpha value is -2.14. The Morgan fingerprint density at radius 2 is 2.16 bits per heavy atom. The number of carbonyl (C=O) groups excluding carboxylic acids is 1. The molecule has 0 aliphatic rings. The molecular formula is C13H11ClFN3O. The van der Waals surface area contributed by atoms with Crippen molar-refractivity contribution in [2.45, 2.75) is 6.92 Å². The number of rotatable bonds is 2. The molecule has 0 aliphatic carbocycles. The minimum absolute atomic E-state index is 0.141. The highest BCUT2D eigenvalue weighted by molar-refractivity contribution is 6.32. The first kappa shape index (κ1) is 13.3. The summed E-state index contributed by atoms with van der Waals surface area (Å²) < 4.78 is 13.5. The molecule has 0 atom stereocenters. The second kappa shape index (κ2) is 5.24. The topological polar surface area (TPSA) is 68.0 Å². The number of nitrogens with one attached hydrogen (secondary N) is 1. The van der Waals surface area contributed by atoms with E-state index in [1.807, 2.05) is 0 Å². The predicted octanol–water partition coefficient (Wildman–Crippen LogP) is 3.02. The molecule has 0 aliphatic heterocycles. The van der Waals surface area contributed by atoms with Gasteiger partial charge in [-0.15, -0.1) is 0 Å². The Morgan fingerprint density at radius 3 is 2.89 bits per heavy atom. The molecule has 0 fully saturated rings. The summed E-state index contributed by atoms with van der Waals surface area (Å²) in [4.78, 5) is 15.9. The summed E-state index contributed by atoms with van der Waals surface area (Å²) in [6.45, 7) is 1.81. The van der Waals surface area contributed by atoms with Crippen molar-refractivity contribution in [3.63, 3.8) is 0 Å². The number of aromatic nitrogens is 1. The number of carbonyl (C=O) groups is 1. The first-order valence-electron chi connectivity index (χ1n) is 5.46. The van der Waals surface area contributed by atoms with Crippen molar-refractivity contribution in [3.8, 4) is 0 Å². The smallest absolute Gasteiger partial charge is 0.258 e. The monoisotopic (exact) mass is 279 g/mol. The van der Waals surface area contributed by atoms with Crippen LogP contribution in [0.15, 0.2) is 30.5 Å². The molecule has 0 bridgehead atoms. The summed E-state index contributed by atoms with van der Waals surface area (Å²) in [7, 11) is 0. The summed E-state index contributed by atoms with van der Waals surface area (Å²) in [5.41, 5.74) is 6.85. The molecule has 0 unspecified atom stereocenters. The van der Waals surface area contributed by atoms with Gasteiger partial charge in [0.2, 0.25) is 0 Å². The van der Waals surface area contributed by atoms with Crippen molar-refractivity contribution in [2.75, 3.05) is 11.1 Å². The van der Waals surface area contributed by atoms with Gasteiger partial charge in [0.15, 0.2) is 5.15 Å². The minimum Gasteiger partial charge on any atom is -0.399 e. The van der Waals surface area contributed by atoms with Gasteiger partial charge in [0.05, 0.1) is 11.3 Å². The maximum atomic E-state index is 13.5. The number of nitrogens with zero attached hydrogens (tertiary/aromatic N) is 1. The second-order valence-electron chi connectivity index (χ2n) is 4.04. The third-order valence-corrected chi connectivity index (χ3v) is 2.76. The zero-order valence-electron chi connectivity index (χ0n) is 10.1. The van der Waals surface area contributed by atoms with Crippen LogP contribution in [-0.2, 0) is 0 Å². The van der Waals surface area contributed by atoms with E-state index in [-0.39, 0.29) is 10.7 Å². The molecule has 3 N–H and O–H groups in total. The Labute approximate surface area is 114 Å². The molecule has 0 radical (unpaired) electrons. The molecule has 98 valence electrons. The van der Waals surface area contributed by atoms with Gasteiger partial charge in [0.1, 0.15) is 5.82 Å². The maximum Gasteiger partial charge on any atom is 0.258 e. The van der Waals surface area contributed by atoms with Crippen molar-refractivity contribution in [2.24, 2.45) is 0 Å². The molecule has 19 heavy (non-hydrogen) atoms. The number of amides is 1. The lowest BCUT2D eigenvalue weighted by Gasteiger charge is -2.08. The number of pyridine rings is 1. The third kappa shape index (κ3) is 3.00. The number of nitrogens with two attached hydrogens (primary N) is 1. The normalized spacial score (nSPS) is 10.3. The van der Waals surface area contributed by atoms with Crippen molar-refractivity contribution in [3.05, 3.63) is 52.6 Å². The molecule has 0 spiro atoms. The summed E-state index contributed by atoms with van der Waals surface area (Å²) in [5.74, 6) is -1.28. The van der Waals surface area contributed by atoms with Crippen LogP contribution in [0.25, 0.3) is 0 Å². The summed E-state index contributed by atoms with van der Waals surface area (Å²) in [6.07, 6.45) is 1.57. The van der Waals surface area contributed by atoms with Crippen LogP contribution < -0.4 is 11.1 Å². The van der Waals surface area contributed by atoms with Crippen LogP contribution in [0.2, 0.25) is 5.15 Å². The Bertz CT molecular complexity index is 646. The largest absolute Gasteiger partial charge is 0.399 e. The van der Waals surface area contributed by atoms with E-state index in [4.69, 9.17) is 17.3 Å². The molecule has 2 aromatic rings. The van der Waals surface area contributed by atoms with Gasteiger partial charge in [-0.25, -0.2) is 9.37 Å². The number of hydrogen-bond donors (Lipinski definition) is 2. The van der Waals surface area contributed by atoms with Crippen molar-refractivity contribution < 1.29 is 9.18 Å². The van der Waals surface area contributed by atoms with E-state index >= 15 is 0 Å². The summed E-state index contributed by atoms with van der Waals surface area (Å²) in [5, 5.41) is 2.65. The van der Waals surface area contributed by atoms with Crippen LogP contribution in [0.1, 0.15) is 15.9 Å². The molecule has 0 saturated carbocycles. The number of aryl methyl sites for hydroxylation is 1. The van der Waals surface area contributed by atoms with Gasteiger partial charge < -0.3 is 11.1 Å². The number of nitrogen functional groups attached to an aromatic ring is 1. The highest BCUT2D eigenvalue weighted by Gasteiger charge is 2.14. The average molecular weight is 280 g/mol. The van der Waals surface area contributed by atoms with Gasteiger partial charge in [0.25, 0.3) is 5.91 Å². The third-order valence-electron chi connectivity index (χ3n) is 2.46. The zero-order chi connectivity index (χ0) is 14.0. The molecule has 1 heterocycles. The van der Waals surface area contributed by atoms with Gasteiger partial charge in [-0.05, 0) is 36.8 Å². The molecule has 6 heteroatoms. The molecule has 4 nitrogen and oxygen atoms in total. The lowest BCUT2D eigenvalue weighted by Crippen LogP contribution is -2.14. The molecular weight excluding hydrogens is 269 g/mol. The molecule has 1 aromatic carbocycles. The van der Waals surface area contributed by atoms with E-state index in [1.54, 1.807) is 19.2 Å². The summed E-state index contributed by atoms with van der Waals surface area (Å²) >= 11 is 5.85. The number of halogens is 2. The molecule has 1 aromatic heterocycles. The summed E-state index contributed by atoms with van der Waals surface area (Å²) in [6, 6.07) is 5.44. The van der Waals surface area contributed by atoms with Gasteiger partial charge in [-0.3, -0.25) is 4.79 Å². The quantitative estimate of drug-likeness (QED) is 0.656. The van der Waals surface area contributed by atoms with Gasteiger partial charge in [-0.1, -0.05) is 11.6 Å². The number of hydrogen-bond acceptors (Lipinski definition) is 3. The highest BCUT2D eigenvalue weighted by atomic mass is 35.5. The second-order valence-corrected chi connectivity index (χ2v) is 4.40. The first-order valence-corrected chi connectivity index (χ1v) is 5.83. The van der Waals surface area contributed by atoms with Crippen LogP contribution in [0.5, 0.6) is 0 Å². The number of benzene rings is 1. The zero-order valence-corrected chi connectivity index (χ0v) is 10.8. The van der Waals surface area contributed by atoms with Crippen LogP contribution in [0.3, 0.4) is 0 Å². The predicted molar refractivity (Wildman–Crippen MR) is 72.7 cm³/mol. The van der Waals surface area contributed by atoms with E-state index in [0.717, 1.165) is 11.6 Å². The van der Waals surface area contributed by atoms with Crippen molar-refractivity contribution >= 4 is 28.9 Å². The standard InChI is InChI=1S/C13H11ClFN3O/c1-7-4-11(12(14)17-6-7)18-13(19)9-5-8(16)2-3-10(9)15/h2-6H,16H2,1H3,(H,18,19). The highest BCUT2D eigenvalue weighted by Crippen LogP contribution is 2.21. The van der Waals surface area contributed by atoms with E-state index in [0.29, 0.717) is 11.4 Å². The van der Waals surface area contributed by atoms with Crippen molar-refractivity contribution in [1.82, 2.24) is 4.98 Å². The van der Waals surface area contributed by atoms with E-state index in [2.05, 4.69) is 10.3 Å². The van der Waals surface area contributed by atoms with Crippen LogP contribution in [0.4, 0.5) is 15.8 Å². The van der Waals surface area contributed by atoms with Gasteiger partial charge in [-0.2, -0.15) is 0 Å². The average Bonchev–Trinajstić information content (AvgIpc) is 2.36. The maximum absolute atomic E-state index is 13.5. The van der Waals surface area contributed by atoms with E-state index in [1.165, 1.54) is 12.1 Å². The van der Waals surface area contributed by atoms with Gasteiger partial charge in [0, 0.05) is 11.9 Å².